The zero-order valence-corrected chi connectivity index (χ0v) is 14.1. The van der Waals surface area contributed by atoms with Gasteiger partial charge >= 0.3 is 0 Å². The summed E-state index contributed by atoms with van der Waals surface area (Å²) in [5.74, 6) is 0.311. The van der Waals surface area contributed by atoms with E-state index in [4.69, 9.17) is 0 Å². The molecule has 0 aliphatic heterocycles. The molecule has 0 bridgehead atoms. The molecule has 23 heavy (non-hydrogen) atoms. The molecule has 0 radical (unpaired) electrons. The van der Waals surface area contributed by atoms with Crippen LogP contribution in [-0.2, 0) is 10.0 Å². The Morgan fingerprint density at radius 1 is 1.13 bits per heavy atom. The van der Waals surface area contributed by atoms with Crippen molar-refractivity contribution in [2.45, 2.75) is 25.7 Å². The molecule has 0 saturated carbocycles. The third-order valence-electron chi connectivity index (χ3n) is 3.40. The number of aryl methyl sites for hydroxylation is 1. The number of rotatable bonds is 6. The lowest BCUT2D eigenvalue weighted by Crippen LogP contribution is -2.23. The summed E-state index contributed by atoms with van der Waals surface area (Å²) in [6.45, 7) is 7.10. The van der Waals surface area contributed by atoms with Crippen molar-refractivity contribution in [3.63, 3.8) is 0 Å². The largest absolute Gasteiger partial charge is 0.356 e. The van der Waals surface area contributed by atoms with Crippen LogP contribution in [0.3, 0.4) is 0 Å². The van der Waals surface area contributed by atoms with Gasteiger partial charge in [-0.25, -0.2) is 12.8 Å². The molecule has 6 nitrogen and oxygen atoms in total. The Bertz CT molecular complexity index is 775. The van der Waals surface area contributed by atoms with Crippen LogP contribution in [-0.4, -0.2) is 31.7 Å². The van der Waals surface area contributed by atoms with E-state index in [1.54, 1.807) is 12.1 Å². The second-order valence-electron chi connectivity index (χ2n) is 4.96. The molecule has 0 unspecified atom stereocenters. The van der Waals surface area contributed by atoms with Crippen LogP contribution in [0.2, 0.25) is 0 Å². The minimum atomic E-state index is -3.84. The molecule has 1 N–H and O–H groups in total. The first-order valence-corrected chi connectivity index (χ1v) is 8.73. The van der Waals surface area contributed by atoms with E-state index < -0.39 is 15.8 Å². The highest BCUT2D eigenvalue weighted by Crippen LogP contribution is 2.19. The molecule has 0 aliphatic rings. The Kier molecular flexibility index (Phi) is 5.15. The predicted molar refractivity (Wildman–Crippen MR) is 87.5 cm³/mol. The molecule has 0 spiro atoms. The van der Waals surface area contributed by atoms with E-state index in [2.05, 4.69) is 14.9 Å². The van der Waals surface area contributed by atoms with Gasteiger partial charge in [-0.1, -0.05) is 0 Å². The number of nitrogens with one attached hydrogen (secondary N) is 1. The van der Waals surface area contributed by atoms with Crippen molar-refractivity contribution in [3.8, 4) is 0 Å². The summed E-state index contributed by atoms with van der Waals surface area (Å²) in [7, 11) is -3.84. The number of sulfonamides is 1. The molecular weight excluding hydrogens is 319 g/mol. The number of anilines is 2. The van der Waals surface area contributed by atoms with E-state index >= 15 is 0 Å². The van der Waals surface area contributed by atoms with Crippen molar-refractivity contribution < 1.29 is 12.8 Å². The molecule has 2 rings (SSSR count). The fourth-order valence-electron chi connectivity index (χ4n) is 2.20. The molecule has 2 aromatic rings. The molecule has 0 aliphatic carbocycles. The Hall–Kier alpha value is -2.22. The maximum absolute atomic E-state index is 13.1. The third-order valence-corrected chi connectivity index (χ3v) is 4.92. The van der Waals surface area contributed by atoms with Crippen molar-refractivity contribution in [3.05, 3.63) is 41.7 Å². The van der Waals surface area contributed by atoms with Crippen LogP contribution in [0.1, 0.15) is 19.4 Å². The second kappa shape index (κ2) is 6.91. The van der Waals surface area contributed by atoms with E-state index in [0.29, 0.717) is 11.4 Å². The van der Waals surface area contributed by atoms with Gasteiger partial charge in [-0.2, -0.15) is 0 Å². The lowest BCUT2D eigenvalue weighted by molar-refractivity contribution is 0.598. The minimum Gasteiger partial charge on any atom is -0.356 e. The molecule has 1 heterocycles. The van der Waals surface area contributed by atoms with Gasteiger partial charge in [-0.3, -0.25) is 4.72 Å². The molecule has 0 saturated heterocycles. The van der Waals surface area contributed by atoms with E-state index in [0.717, 1.165) is 19.2 Å². The third kappa shape index (κ3) is 3.95. The van der Waals surface area contributed by atoms with Crippen LogP contribution in [0.5, 0.6) is 0 Å². The van der Waals surface area contributed by atoms with Crippen LogP contribution in [0.15, 0.2) is 35.2 Å². The fourth-order valence-corrected chi connectivity index (χ4v) is 3.43. The van der Waals surface area contributed by atoms with Crippen LogP contribution >= 0.6 is 0 Å². The summed E-state index contributed by atoms with van der Waals surface area (Å²) in [5, 5.41) is 7.92. The van der Waals surface area contributed by atoms with E-state index in [1.807, 2.05) is 18.7 Å². The van der Waals surface area contributed by atoms with Crippen LogP contribution in [0.25, 0.3) is 0 Å². The topological polar surface area (TPSA) is 75.2 Å². The Labute approximate surface area is 135 Å². The molecule has 124 valence electrons. The summed E-state index contributed by atoms with van der Waals surface area (Å²) in [6.07, 6.45) is 0. The number of aromatic nitrogens is 2. The van der Waals surface area contributed by atoms with E-state index in [9.17, 15) is 12.8 Å². The molecule has 0 fully saturated rings. The van der Waals surface area contributed by atoms with Gasteiger partial charge in [0, 0.05) is 13.1 Å². The summed E-state index contributed by atoms with van der Waals surface area (Å²) >= 11 is 0. The van der Waals surface area contributed by atoms with Gasteiger partial charge < -0.3 is 4.90 Å². The zero-order chi connectivity index (χ0) is 17.0. The molecular formula is C15H19FN4O2S. The number of hydrogen-bond acceptors (Lipinski definition) is 5. The highest BCUT2D eigenvalue weighted by atomic mass is 32.2. The van der Waals surface area contributed by atoms with E-state index in [1.165, 1.54) is 19.1 Å². The molecule has 0 atom stereocenters. The lowest BCUT2D eigenvalue weighted by Gasteiger charge is -2.19. The average Bonchev–Trinajstić information content (AvgIpc) is 2.49. The second-order valence-corrected chi connectivity index (χ2v) is 6.62. The highest BCUT2D eigenvalue weighted by molar-refractivity contribution is 7.92. The van der Waals surface area contributed by atoms with Crippen LogP contribution in [0, 0.1) is 12.7 Å². The smallest absolute Gasteiger partial charge is 0.263 e. The van der Waals surface area contributed by atoms with Gasteiger partial charge in [0.1, 0.15) is 5.82 Å². The number of benzene rings is 1. The summed E-state index contributed by atoms with van der Waals surface area (Å²) in [6, 6.07) is 6.76. The predicted octanol–water partition coefficient (Wildman–Crippen LogP) is 2.57. The molecule has 8 heteroatoms. The lowest BCUT2D eigenvalue weighted by atomic mass is 10.2. The molecule has 1 aromatic carbocycles. The Balaban J connectivity index is 2.24. The van der Waals surface area contributed by atoms with Crippen molar-refractivity contribution in [2.24, 2.45) is 0 Å². The average molecular weight is 338 g/mol. The molecule has 0 amide bonds. The van der Waals surface area contributed by atoms with Crippen LogP contribution in [0.4, 0.5) is 16.0 Å². The van der Waals surface area contributed by atoms with Crippen molar-refractivity contribution in [1.82, 2.24) is 10.2 Å². The first-order valence-electron chi connectivity index (χ1n) is 7.25. The highest BCUT2D eigenvalue weighted by Gasteiger charge is 2.18. The van der Waals surface area contributed by atoms with Gasteiger partial charge in [-0.05, 0) is 56.7 Å². The zero-order valence-electron chi connectivity index (χ0n) is 13.2. The maximum atomic E-state index is 13.1. The number of hydrogen-bond donors (Lipinski definition) is 1. The normalized spacial score (nSPS) is 11.3. The van der Waals surface area contributed by atoms with Gasteiger partial charge in [0.05, 0.1) is 4.90 Å². The summed E-state index contributed by atoms with van der Waals surface area (Å²) < 4.78 is 40.2. The Morgan fingerprint density at radius 2 is 1.83 bits per heavy atom. The summed E-state index contributed by atoms with van der Waals surface area (Å²) in [5.41, 5.74) is 0.324. The SMILES string of the molecule is CCN(CC)c1ccc(NS(=O)(=O)c2ccc(F)cc2C)nn1. The van der Waals surface area contributed by atoms with Crippen LogP contribution < -0.4 is 9.62 Å². The Morgan fingerprint density at radius 3 is 2.35 bits per heavy atom. The van der Waals surface area contributed by atoms with Gasteiger partial charge in [-0.15, -0.1) is 10.2 Å². The first kappa shape index (κ1) is 17.1. The monoisotopic (exact) mass is 338 g/mol. The maximum Gasteiger partial charge on any atom is 0.263 e. The minimum absolute atomic E-state index is 0.00789. The number of nitrogens with zero attached hydrogens (tertiary/aromatic N) is 3. The van der Waals surface area contributed by atoms with Crippen molar-refractivity contribution in [1.29, 1.82) is 0 Å². The fraction of sp³-hybridized carbons (Fsp3) is 0.333. The van der Waals surface area contributed by atoms with Crippen molar-refractivity contribution in [2.75, 3.05) is 22.7 Å². The quantitative estimate of drug-likeness (QED) is 0.876. The van der Waals surface area contributed by atoms with Gasteiger partial charge in [0.25, 0.3) is 10.0 Å². The first-order chi connectivity index (χ1) is 10.9. The van der Waals surface area contributed by atoms with Gasteiger partial charge in [0.15, 0.2) is 11.6 Å². The summed E-state index contributed by atoms with van der Waals surface area (Å²) in [4.78, 5) is 2.00. The van der Waals surface area contributed by atoms with E-state index in [-0.39, 0.29) is 10.7 Å². The standard InChI is InChI=1S/C15H19FN4O2S/c1-4-20(5-2)15-9-8-14(17-18-15)19-23(21,22)13-7-6-12(16)10-11(13)3/h6-10H,4-5H2,1-3H3,(H,17,19). The van der Waals surface area contributed by atoms with Crippen molar-refractivity contribution >= 4 is 21.7 Å². The van der Waals surface area contributed by atoms with Gasteiger partial charge in [0.2, 0.25) is 0 Å². The molecule has 1 aromatic heterocycles. The number of halogens is 1.